The summed E-state index contributed by atoms with van der Waals surface area (Å²) in [4.78, 5) is 4.43. The van der Waals surface area contributed by atoms with Crippen LogP contribution < -0.4 is 5.32 Å². The van der Waals surface area contributed by atoms with Crippen molar-refractivity contribution in [3.8, 4) is 0 Å². The second-order valence-corrected chi connectivity index (χ2v) is 5.33. The molecule has 0 radical (unpaired) electrons. The van der Waals surface area contributed by atoms with E-state index in [1.54, 1.807) is 6.33 Å². The van der Waals surface area contributed by atoms with E-state index in [4.69, 9.17) is 0 Å². The fraction of sp³-hybridized carbons (Fsp3) is 0.500. The fourth-order valence-corrected chi connectivity index (χ4v) is 2.42. The van der Waals surface area contributed by atoms with Gasteiger partial charge in [0.2, 0.25) is 0 Å². The van der Waals surface area contributed by atoms with Crippen molar-refractivity contribution in [1.29, 1.82) is 0 Å². The Labute approximate surface area is 121 Å². The lowest BCUT2D eigenvalue weighted by atomic mass is 9.95. The molecule has 108 valence electrons. The van der Waals surface area contributed by atoms with Crippen LogP contribution >= 0.6 is 0 Å². The molecule has 20 heavy (non-hydrogen) atoms. The quantitative estimate of drug-likeness (QED) is 0.843. The topological polar surface area (TPSA) is 42.7 Å². The molecule has 0 aliphatic carbocycles. The molecule has 1 aromatic heterocycles. The molecule has 0 saturated heterocycles. The van der Waals surface area contributed by atoms with E-state index in [1.807, 2.05) is 4.68 Å². The third kappa shape index (κ3) is 3.67. The predicted octanol–water partition coefficient (Wildman–Crippen LogP) is 2.79. The van der Waals surface area contributed by atoms with E-state index in [1.165, 1.54) is 5.56 Å². The number of nitrogens with zero attached hydrogens (tertiary/aromatic N) is 3. The van der Waals surface area contributed by atoms with Crippen molar-refractivity contribution in [3.63, 3.8) is 0 Å². The van der Waals surface area contributed by atoms with Crippen molar-refractivity contribution >= 4 is 0 Å². The van der Waals surface area contributed by atoms with Gasteiger partial charge in [0, 0.05) is 24.9 Å². The number of benzene rings is 1. The van der Waals surface area contributed by atoms with Gasteiger partial charge in [-0.2, -0.15) is 5.10 Å². The van der Waals surface area contributed by atoms with Crippen LogP contribution in [0.4, 0.5) is 0 Å². The molecule has 0 saturated carbocycles. The van der Waals surface area contributed by atoms with Crippen LogP contribution in [0.25, 0.3) is 0 Å². The summed E-state index contributed by atoms with van der Waals surface area (Å²) >= 11 is 0. The largest absolute Gasteiger partial charge is 0.316 e. The molecule has 0 amide bonds. The molecule has 0 aliphatic heterocycles. The molecule has 2 rings (SSSR count). The van der Waals surface area contributed by atoms with Crippen molar-refractivity contribution in [1.82, 2.24) is 20.1 Å². The lowest BCUT2D eigenvalue weighted by molar-refractivity contribution is 0.484. The van der Waals surface area contributed by atoms with Gasteiger partial charge in [-0.3, -0.25) is 0 Å². The van der Waals surface area contributed by atoms with E-state index in [-0.39, 0.29) is 0 Å². The number of aromatic nitrogens is 3. The monoisotopic (exact) mass is 272 g/mol. The lowest BCUT2D eigenvalue weighted by Gasteiger charge is -2.18. The van der Waals surface area contributed by atoms with Crippen molar-refractivity contribution in [3.05, 3.63) is 48.0 Å². The molecule has 1 heterocycles. The predicted molar refractivity (Wildman–Crippen MR) is 81.8 cm³/mol. The molecule has 1 unspecified atom stereocenters. The Kier molecular flexibility index (Phi) is 5.30. The lowest BCUT2D eigenvalue weighted by Crippen LogP contribution is -2.24. The van der Waals surface area contributed by atoms with Crippen molar-refractivity contribution in [2.24, 2.45) is 0 Å². The second kappa shape index (κ2) is 7.20. The molecule has 0 bridgehead atoms. The average Bonchev–Trinajstić information content (AvgIpc) is 2.92. The first-order chi connectivity index (χ1) is 9.72. The number of hydrogen-bond acceptors (Lipinski definition) is 3. The van der Waals surface area contributed by atoms with Crippen LogP contribution in [0, 0.1) is 0 Å². The maximum absolute atomic E-state index is 4.43. The molecule has 4 heteroatoms. The minimum Gasteiger partial charge on any atom is -0.316 e. The number of likely N-dealkylation sites (N-methyl/N-ethyl adjacent to an activating group) is 1. The van der Waals surface area contributed by atoms with Gasteiger partial charge in [-0.1, -0.05) is 37.3 Å². The van der Waals surface area contributed by atoms with Gasteiger partial charge in [0.15, 0.2) is 0 Å². The van der Waals surface area contributed by atoms with Gasteiger partial charge in [0.05, 0.1) is 0 Å². The first-order valence-electron chi connectivity index (χ1n) is 7.36. The van der Waals surface area contributed by atoms with Crippen molar-refractivity contribution in [2.45, 2.75) is 39.2 Å². The van der Waals surface area contributed by atoms with Gasteiger partial charge in [-0.25, -0.2) is 9.67 Å². The maximum atomic E-state index is 4.43. The Morgan fingerprint density at radius 1 is 1.20 bits per heavy atom. The summed E-state index contributed by atoms with van der Waals surface area (Å²) < 4.78 is 2.02. The van der Waals surface area contributed by atoms with Gasteiger partial charge >= 0.3 is 0 Å². The summed E-state index contributed by atoms with van der Waals surface area (Å²) in [5, 5.41) is 7.78. The summed E-state index contributed by atoms with van der Waals surface area (Å²) in [6, 6.07) is 11.0. The van der Waals surface area contributed by atoms with Crippen LogP contribution in [0.3, 0.4) is 0 Å². The summed E-state index contributed by atoms with van der Waals surface area (Å²) in [7, 11) is 0. The molecular formula is C16H24N4. The first-order valence-corrected chi connectivity index (χ1v) is 7.36. The highest BCUT2D eigenvalue weighted by atomic mass is 15.3. The van der Waals surface area contributed by atoms with E-state index in [0.29, 0.717) is 12.0 Å². The second-order valence-electron chi connectivity index (χ2n) is 5.33. The van der Waals surface area contributed by atoms with Crippen LogP contribution in [0.2, 0.25) is 0 Å². The zero-order valence-electron chi connectivity index (χ0n) is 12.6. The van der Waals surface area contributed by atoms with Gasteiger partial charge in [-0.15, -0.1) is 0 Å². The van der Waals surface area contributed by atoms with Gasteiger partial charge in [-0.05, 0) is 26.0 Å². The molecule has 4 nitrogen and oxygen atoms in total. The highest BCUT2D eigenvalue weighted by Crippen LogP contribution is 2.20. The zero-order chi connectivity index (χ0) is 14.4. The highest BCUT2D eigenvalue weighted by Gasteiger charge is 2.16. The van der Waals surface area contributed by atoms with Crippen molar-refractivity contribution in [2.75, 3.05) is 13.1 Å². The average molecular weight is 272 g/mol. The normalized spacial score (nSPS) is 12.8. The summed E-state index contributed by atoms with van der Waals surface area (Å²) in [5.41, 5.74) is 1.35. The van der Waals surface area contributed by atoms with E-state index >= 15 is 0 Å². The number of hydrogen-bond donors (Lipinski definition) is 1. The summed E-state index contributed by atoms with van der Waals surface area (Å²) in [6.07, 6.45) is 2.57. The standard InChI is InChI=1S/C16H24N4/c1-4-17-11-15(14-8-6-5-7-9-14)10-16-18-12-19-20(16)13(2)3/h5-9,12-13,15,17H,4,10-11H2,1-3H3. The molecule has 1 aromatic carbocycles. The van der Waals surface area contributed by atoms with E-state index in [0.717, 1.165) is 25.3 Å². The summed E-state index contributed by atoms with van der Waals surface area (Å²) in [5.74, 6) is 1.49. The third-order valence-electron chi connectivity index (χ3n) is 3.48. The maximum Gasteiger partial charge on any atom is 0.138 e. The first kappa shape index (κ1) is 14.7. The van der Waals surface area contributed by atoms with E-state index in [9.17, 15) is 0 Å². The molecule has 2 aromatic rings. The molecule has 0 spiro atoms. The smallest absolute Gasteiger partial charge is 0.138 e. The number of nitrogens with one attached hydrogen (secondary N) is 1. The van der Waals surface area contributed by atoms with Crippen LogP contribution in [0.15, 0.2) is 36.7 Å². The Morgan fingerprint density at radius 2 is 1.95 bits per heavy atom. The third-order valence-corrected chi connectivity index (χ3v) is 3.48. The Bertz CT molecular complexity index is 504. The van der Waals surface area contributed by atoms with Gasteiger partial charge in [0.1, 0.15) is 12.2 Å². The molecular weight excluding hydrogens is 248 g/mol. The number of rotatable bonds is 7. The molecule has 0 fully saturated rings. The Morgan fingerprint density at radius 3 is 2.60 bits per heavy atom. The molecule has 0 aliphatic rings. The van der Waals surface area contributed by atoms with Crippen LogP contribution in [-0.4, -0.2) is 27.9 Å². The minimum atomic E-state index is 0.350. The van der Waals surface area contributed by atoms with Gasteiger partial charge < -0.3 is 5.32 Å². The fourth-order valence-electron chi connectivity index (χ4n) is 2.42. The highest BCUT2D eigenvalue weighted by molar-refractivity contribution is 5.21. The van der Waals surface area contributed by atoms with E-state index < -0.39 is 0 Å². The van der Waals surface area contributed by atoms with Crippen LogP contribution in [0.1, 0.15) is 44.1 Å². The van der Waals surface area contributed by atoms with Crippen LogP contribution in [0.5, 0.6) is 0 Å². The minimum absolute atomic E-state index is 0.350. The zero-order valence-corrected chi connectivity index (χ0v) is 12.6. The van der Waals surface area contributed by atoms with Crippen molar-refractivity contribution < 1.29 is 0 Å². The Hall–Kier alpha value is -1.68. The molecule has 1 atom stereocenters. The van der Waals surface area contributed by atoms with E-state index in [2.05, 4.69) is 66.5 Å². The SMILES string of the molecule is CCNCC(Cc1ncnn1C(C)C)c1ccccc1. The Balaban J connectivity index is 2.17. The summed E-state index contributed by atoms with van der Waals surface area (Å²) in [6.45, 7) is 8.37. The molecule has 1 N–H and O–H groups in total. The van der Waals surface area contributed by atoms with Gasteiger partial charge in [0.25, 0.3) is 0 Å². The van der Waals surface area contributed by atoms with Crippen LogP contribution in [-0.2, 0) is 6.42 Å².